The summed E-state index contributed by atoms with van der Waals surface area (Å²) in [6.07, 6.45) is 0.930. The van der Waals surface area contributed by atoms with E-state index in [1.165, 1.54) is 0 Å². The predicted molar refractivity (Wildman–Crippen MR) is 79.4 cm³/mol. The van der Waals surface area contributed by atoms with Crippen LogP contribution in [0.3, 0.4) is 0 Å². The summed E-state index contributed by atoms with van der Waals surface area (Å²) >= 11 is 6.08. The quantitative estimate of drug-likeness (QED) is 0.881. The lowest BCUT2D eigenvalue weighted by Crippen LogP contribution is -2.08. The molecule has 0 unspecified atom stereocenters. The molecule has 0 fully saturated rings. The van der Waals surface area contributed by atoms with Crippen LogP contribution in [0.25, 0.3) is 0 Å². The van der Waals surface area contributed by atoms with E-state index < -0.39 is 0 Å². The Labute approximate surface area is 119 Å². The fourth-order valence-electron chi connectivity index (χ4n) is 1.82. The molecule has 2 aromatic rings. The molecule has 2 aromatic carbocycles. The average Bonchev–Trinajstić information content (AvgIpc) is 2.46. The van der Waals surface area contributed by atoms with Gasteiger partial charge in [0.15, 0.2) is 0 Å². The molecular formula is C16H18ClNO. The summed E-state index contributed by atoms with van der Waals surface area (Å²) in [5, 5.41) is 0.729. The summed E-state index contributed by atoms with van der Waals surface area (Å²) in [5.74, 6) is 0.826. The van der Waals surface area contributed by atoms with E-state index in [4.69, 9.17) is 22.1 Å². The third-order valence-electron chi connectivity index (χ3n) is 3.10. The number of halogens is 1. The van der Waals surface area contributed by atoms with Gasteiger partial charge in [0.05, 0.1) is 0 Å². The van der Waals surface area contributed by atoms with Gasteiger partial charge in [-0.1, -0.05) is 48.9 Å². The third-order valence-corrected chi connectivity index (χ3v) is 3.47. The van der Waals surface area contributed by atoms with Gasteiger partial charge in [-0.15, -0.1) is 0 Å². The van der Waals surface area contributed by atoms with Gasteiger partial charge in [0, 0.05) is 16.6 Å². The van der Waals surface area contributed by atoms with E-state index in [1.54, 1.807) is 0 Å². The summed E-state index contributed by atoms with van der Waals surface area (Å²) in [6.45, 7) is 2.55. The Bertz CT molecular complexity index is 525. The molecule has 0 aromatic heterocycles. The molecule has 0 amide bonds. The molecular weight excluding hydrogens is 258 g/mol. The van der Waals surface area contributed by atoms with Gasteiger partial charge in [-0.05, 0) is 30.2 Å². The lowest BCUT2D eigenvalue weighted by atomic mass is 10.1. The van der Waals surface area contributed by atoms with Gasteiger partial charge in [0.2, 0.25) is 0 Å². The molecule has 0 aliphatic rings. The second-order valence-electron chi connectivity index (χ2n) is 4.46. The number of ether oxygens (including phenoxy) is 1. The lowest BCUT2D eigenvalue weighted by molar-refractivity contribution is 0.306. The molecule has 0 bridgehead atoms. The van der Waals surface area contributed by atoms with E-state index in [0.29, 0.717) is 6.61 Å². The highest BCUT2D eigenvalue weighted by Crippen LogP contribution is 2.21. The summed E-state index contributed by atoms with van der Waals surface area (Å²) in [7, 11) is 0. The third kappa shape index (κ3) is 3.72. The van der Waals surface area contributed by atoms with Gasteiger partial charge in [0.25, 0.3) is 0 Å². The van der Waals surface area contributed by atoms with Crippen LogP contribution in [0.15, 0.2) is 48.5 Å². The van der Waals surface area contributed by atoms with Crippen LogP contribution in [0.1, 0.15) is 30.5 Å². The second-order valence-corrected chi connectivity index (χ2v) is 4.87. The van der Waals surface area contributed by atoms with Crippen LogP contribution in [-0.2, 0) is 6.61 Å². The fraction of sp³-hybridized carbons (Fsp3) is 0.250. The Morgan fingerprint density at radius 2 is 1.79 bits per heavy atom. The van der Waals surface area contributed by atoms with E-state index in [9.17, 15) is 0 Å². The first kappa shape index (κ1) is 13.9. The van der Waals surface area contributed by atoms with Crippen molar-refractivity contribution in [3.8, 4) is 5.75 Å². The monoisotopic (exact) mass is 275 g/mol. The first-order chi connectivity index (χ1) is 9.20. The summed E-state index contributed by atoms with van der Waals surface area (Å²) in [6, 6.07) is 15.7. The van der Waals surface area contributed by atoms with Crippen molar-refractivity contribution in [2.24, 2.45) is 5.73 Å². The highest BCUT2D eigenvalue weighted by molar-refractivity contribution is 6.31. The molecule has 0 heterocycles. The van der Waals surface area contributed by atoms with E-state index in [0.717, 1.165) is 28.3 Å². The van der Waals surface area contributed by atoms with E-state index in [2.05, 4.69) is 6.92 Å². The van der Waals surface area contributed by atoms with E-state index in [1.807, 2.05) is 48.5 Å². The summed E-state index contributed by atoms with van der Waals surface area (Å²) in [4.78, 5) is 0. The minimum atomic E-state index is 0.0950. The van der Waals surface area contributed by atoms with Gasteiger partial charge in [-0.25, -0.2) is 0 Å². The fourth-order valence-corrected chi connectivity index (χ4v) is 2.01. The smallest absolute Gasteiger partial charge is 0.119 e. The van der Waals surface area contributed by atoms with Crippen LogP contribution in [0.2, 0.25) is 5.02 Å². The number of rotatable bonds is 5. The minimum absolute atomic E-state index is 0.0950. The number of benzene rings is 2. The number of hydrogen-bond acceptors (Lipinski definition) is 2. The van der Waals surface area contributed by atoms with Gasteiger partial charge >= 0.3 is 0 Å². The molecule has 0 aliphatic carbocycles. The van der Waals surface area contributed by atoms with Crippen molar-refractivity contribution >= 4 is 11.6 Å². The second kappa shape index (κ2) is 6.60. The minimum Gasteiger partial charge on any atom is -0.489 e. The maximum atomic E-state index is 6.08. The van der Waals surface area contributed by atoms with Gasteiger partial charge in [0.1, 0.15) is 12.4 Å². The van der Waals surface area contributed by atoms with Crippen molar-refractivity contribution < 1.29 is 4.74 Å². The molecule has 1 atom stereocenters. The summed E-state index contributed by atoms with van der Waals surface area (Å²) in [5.41, 5.74) is 8.09. The van der Waals surface area contributed by atoms with Crippen molar-refractivity contribution in [1.29, 1.82) is 0 Å². The zero-order valence-corrected chi connectivity index (χ0v) is 11.7. The molecule has 0 saturated heterocycles. The van der Waals surface area contributed by atoms with Gasteiger partial charge in [-0.3, -0.25) is 0 Å². The Kier molecular flexibility index (Phi) is 4.83. The Morgan fingerprint density at radius 3 is 2.42 bits per heavy atom. The van der Waals surface area contributed by atoms with Crippen LogP contribution >= 0.6 is 11.6 Å². The van der Waals surface area contributed by atoms with Crippen LogP contribution in [0.5, 0.6) is 5.75 Å². The van der Waals surface area contributed by atoms with Crippen LogP contribution in [-0.4, -0.2) is 0 Å². The van der Waals surface area contributed by atoms with Crippen LogP contribution < -0.4 is 10.5 Å². The molecule has 19 heavy (non-hydrogen) atoms. The Morgan fingerprint density at radius 1 is 1.11 bits per heavy atom. The largest absolute Gasteiger partial charge is 0.489 e. The molecule has 0 saturated carbocycles. The zero-order valence-electron chi connectivity index (χ0n) is 11.0. The number of hydrogen-bond donors (Lipinski definition) is 1. The molecule has 3 heteroatoms. The van der Waals surface area contributed by atoms with Crippen LogP contribution in [0.4, 0.5) is 0 Å². The normalized spacial score (nSPS) is 12.2. The van der Waals surface area contributed by atoms with Crippen molar-refractivity contribution in [2.75, 3.05) is 0 Å². The molecule has 0 spiro atoms. The highest BCUT2D eigenvalue weighted by Gasteiger charge is 2.04. The first-order valence-electron chi connectivity index (χ1n) is 6.42. The standard InChI is InChI=1S/C16H18ClNO/c1-2-16(18)12-7-9-14(10-8-12)19-11-13-5-3-4-6-15(13)17/h3-10,16H,2,11,18H2,1H3/t16-/m0/s1. The predicted octanol–water partition coefficient (Wildman–Crippen LogP) is 4.33. The van der Waals surface area contributed by atoms with Crippen molar-refractivity contribution in [3.05, 3.63) is 64.7 Å². The van der Waals surface area contributed by atoms with Crippen molar-refractivity contribution in [3.63, 3.8) is 0 Å². The topological polar surface area (TPSA) is 35.2 Å². The number of nitrogens with two attached hydrogens (primary N) is 1. The zero-order chi connectivity index (χ0) is 13.7. The average molecular weight is 276 g/mol. The Hall–Kier alpha value is -1.51. The molecule has 2 rings (SSSR count). The van der Waals surface area contributed by atoms with Gasteiger partial charge < -0.3 is 10.5 Å². The highest BCUT2D eigenvalue weighted by atomic mass is 35.5. The first-order valence-corrected chi connectivity index (χ1v) is 6.80. The van der Waals surface area contributed by atoms with E-state index >= 15 is 0 Å². The molecule has 0 aliphatic heterocycles. The lowest BCUT2D eigenvalue weighted by Gasteiger charge is -2.11. The summed E-state index contributed by atoms with van der Waals surface area (Å²) < 4.78 is 5.72. The maximum Gasteiger partial charge on any atom is 0.119 e. The molecule has 100 valence electrons. The van der Waals surface area contributed by atoms with Crippen molar-refractivity contribution in [2.45, 2.75) is 26.0 Å². The Balaban J connectivity index is 1.99. The van der Waals surface area contributed by atoms with E-state index in [-0.39, 0.29) is 6.04 Å². The van der Waals surface area contributed by atoms with Crippen LogP contribution in [0, 0.1) is 0 Å². The molecule has 2 N–H and O–H groups in total. The van der Waals surface area contributed by atoms with Crippen molar-refractivity contribution in [1.82, 2.24) is 0 Å². The van der Waals surface area contributed by atoms with Gasteiger partial charge in [-0.2, -0.15) is 0 Å². The SMILES string of the molecule is CC[C@H](N)c1ccc(OCc2ccccc2Cl)cc1. The maximum absolute atomic E-state index is 6.08. The molecule has 2 nitrogen and oxygen atoms in total. The molecule has 0 radical (unpaired) electrons.